The molecule has 3 nitrogen and oxygen atoms in total. The van der Waals surface area contributed by atoms with Crippen LogP contribution in [0.4, 0.5) is 10.1 Å². The molecule has 0 aliphatic heterocycles. The summed E-state index contributed by atoms with van der Waals surface area (Å²) in [5.74, 6) is 5.14. The van der Waals surface area contributed by atoms with Gasteiger partial charge in [0.25, 0.3) is 0 Å². The summed E-state index contributed by atoms with van der Waals surface area (Å²) in [5, 5.41) is 0.744. The number of nitrogens with one attached hydrogen (secondary N) is 1. The average molecular weight is 302 g/mol. The summed E-state index contributed by atoms with van der Waals surface area (Å²) in [6, 6.07) is 12.6. The molecule has 0 atom stereocenters. The van der Waals surface area contributed by atoms with Gasteiger partial charge in [0.1, 0.15) is 5.82 Å². The highest BCUT2D eigenvalue weighted by molar-refractivity contribution is 6.31. The largest absolute Gasteiger partial charge is 0.323 e. The van der Waals surface area contributed by atoms with E-state index in [2.05, 4.69) is 10.4 Å². The zero-order chi connectivity index (χ0) is 15.0. The second kappa shape index (κ2) is 5.31. The molecule has 21 heavy (non-hydrogen) atoms. The van der Waals surface area contributed by atoms with Crippen LogP contribution in [0.2, 0.25) is 5.02 Å². The van der Waals surface area contributed by atoms with E-state index in [-0.39, 0.29) is 5.02 Å². The van der Waals surface area contributed by atoms with Crippen LogP contribution in [-0.4, -0.2) is 4.98 Å². The summed E-state index contributed by atoms with van der Waals surface area (Å²) in [7, 11) is 0. The zero-order valence-corrected chi connectivity index (χ0v) is 12.1. The van der Waals surface area contributed by atoms with Crippen molar-refractivity contribution in [1.29, 1.82) is 0 Å². The van der Waals surface area contributed by atoms with E-state index >= 15 is 0 Å². The molecule has 106 valence electrons. The van der Waals surface area contributed by atoms with Crippen molar-refractivity contribution in [3.8, 4) is 11.3 Å². The minimum atomic E-state index is -0.498. The van der Waals surface area contributed by atoms with Gasteiger partial charge in [0.05, 0.1) is 21.9 Å². The molecular weight excluding hydrogens is 289 g/mol. The Morgan fingerprint density at radius 2 is 1.90 bits per heavy atom. The van der Waals surface area contributed by atoms with E-state index < -0.39 is 5.82 Å². The predicted molar refractivity (Wildman–Crippen MR) is 84.7 cm³/mol. The van der Waals surface area contributed by atoms with Crippen LogP contribution in [0, 0.1) is 12.7 Å². The Bertz CT molecular complexity index is 819. The molecule has 1 aromatic heterocycles. The van der Waals surface area contributed by atoms with Gasteiger partial charge in [0.15, 0.2) is 0 Å². The van der Waals surface area contributed by atoms with E-state index in [1.165, 1.54) is 12.1 Å². The molecule has 0 unspecified atom stereocenters. The number of nitrogens with two attached hydrogens (primary N) is 1. The number of aromatic nitrogens is 1. The monoisotopic (exact) mass is 301 g/mol. The van der Waals surface area contributed by atoms with Crippen molar-refractivity contribution in [3.05, 3.63) is 58.9 Å². The minimum absolute atomic E-state index is 0.0488. The van der Waals surface area contributed by atoms with Crippen LogP contribution in [0.5, 0.6) is 0 Å². The highest BCUT2D eigenvalue weighted by atomic mass is 35.5. The highest BCUT2D eigenvalue weighted by Gasteiger charge is 2.14. The quantitative estimate of drug-likeness (QED) is 0.548. The summed E-state index contributed by atoms with van der Waals surface area (Å²) in [6.07, 6.45) is 0. The van der Waals surface area contributed by atoms with Crippen molar-refractivity contribution in [1.82, 2.24) is 4.98 Å². The van der Waals surface area contributed by atoms with Gasteiger partial charge in [-0.1, -0.05) is 41.9 Å². The number of halogens is 2. The molecule has 3 N–H and O–H groups in total. The maximum Gasteiger partial charge on any atom is 0.143 e. The number of hydrogen-bond donors (Lipinski definition) is 2. The molecule has 0 fully saturated rings. The standard InChI is InChI=1S/C16H13ClFN3/c1-9-15(10-5-3-2-4-6-10)20-14-8-13(18)12(17)7-11(14)16(9)21-19/h2-8H,19H2,1H3,(H,20,21). The Balaban J connectivity index is 2.38. The van der Waals surface area contributed by atoms with Gasteiger partial charge in [0.2, 0.25) is 0 Å². The third-order valence-corrected chi connectivity index (χ3v) is 3.75. The second-order valence-corrected chi connectivity index (χ2v) is 5.16. The van der Waals surface area contributed by atoms with Gasteiger partial charge in [-0.05, 0) is 13.0 Å². The molecule has 5 heteroatoms. The van der Waals surface area contributed by atoms with Crippen LogP contribution in [-0.2, 0) is 0 Å². The lowest BCUT2D eigenvalue weighted by atomic mass is 10.0. The van der Waals surface area contributed by atoms with Crippen LogP contribution in [0.25, 0.3) is 22.2 Å². The molecule has 0 bridgehead atoms. The molecule has 0 aliphatic rings. The molecule has 0 saturated carbocycles. The molecule has 0 spiro atoms. The number of nitrogen functional groups attached to an aromatic ring is 1. The topological polar surface area (TPSA) is 50.9 Å². The average Bonchev–Trinajstić information content (AvgIpc) is 2.50. The lowest BCUT2D eigenvalue weighted by Crippen LogP contribution is -2.10. The third-order valence-electron chi connectivity index (χ3n) is 3.46. The summed E-state index contributed by atoms with van der Waals surface area (Å²) in [5.41, 5.74) is 6.48. The Labute approximate surface area is 126 Å². The fourth-order valence-corrected chi connectivity index (χ4v) is 2.58. The number of hydrogen-bond acceptors (Lipinski definition) is 3. The molecule has 1 heterocycles. The summed E-state index contributed by atoms with van der Waals surface area (Å²) in [4.78, 5) is 4.56. The first-order valence-electron chi connectivity index (χ1n) is 6.43. The van der Waals surface area contributed by atoms with E-state index in [0.29, 0.717) is 16.6 Å². The fraction of sp³-hybridized carbons (Fsp3) is 0.0625. The number of nitrogens with zero attached hydrogens (tertiary/aromatic N) is 1. The smallest absolute Gasteiger partial charge is 0.143 e. The first-order valence-corrected chi connectivity index (χ1v) is 6.81. The first-order chi connectivity index (χ1) is 10.1. The van der Waals surface area contributed by atoms with Crippen molar-refractivity contribution < 1.29 is 4.39 Å². The number of rotatable bonds is 2. The Hall–Kier alpha value is -2.17. The SMILES string of the molecule is Cc1c(-c2ccccc2)nc2cc(F)c(Cl)cc2c1NN. The Kier molecular flexibility index (Phi) is 3.49. The van der Waals surface area contributed by atoms with Gasteiger partial charge in [-0.3, -0.25) is 5.84 Å². The fourth-order valence-electron chi connectivity index (χ4n) is 2.42. The maximum atomic E-state index is 13.7. The van der Waals surface area contributed by atoms with E-state index in [0.717, 1.165) is 16.8 Å². The Morgan fingerprint density at radius 3 is 2.57 bits per heavy atom. The van der Waals surface area contributed by atoms with Crippen molar-refractivity contribution in [3.63, 3.8) is 0 Å². The van der Waals surface area contributed by atoms with Gasteiger partial charge in [-0.25, -0.2) is 9.37 Å². The van der Waals surface area contributed by atoms with Crippen LogP contribution >= 0.6 is 11.6 Å². The molecule has 3 rings (SSSR count). The molecule has 0 saturated heterocycles. The Morgan fingerprint density at radius 1 is 1.19 bits per heavy atom. The minimum Gasteiger partial charge on any atom is -0.323 e. The first kappa shape index (κ1) is 13.8. The van der Waals surface area contributed by atoms with Gasteiger partial charge in [-0.2, -0.15) is 0 Å². The highest BCUT2D eigenvalue weighted by Crippen LogP contribution is 2.34. The summed E-state index contributed by atoms with van der Waals surface area (Å²) >= 11 is 5.85. The molecular formula is C16H13ClFN3. The van der Waals surface area contributed by atoms with E-state index in [9.17, 15) is 4.39 Å². The zero-order valence-electron chi connectivity index (χ0n) is 11.3. The lowest BCUT2D eigenvalue weighted by molar-refractivity contribution is 0.630. The van der Waals surface area contributed by atoms with Crippen molar-refractivity contribution in [2.75, 3.05) is 5.43 Å². The number of pyridine rings is 1. The van der Waals surface area contributed by atoms with Crippen molar-refractivity contribution in [2.45, 2.75) is 6.92 Å². The predicted octanol–water partition coefficient (Wildman–Crippen LogP) is 4.29. The van der Waals surface area contributed by atoms with Gasteiger partial charge in [0, 0.05) is 22.6 Å². The van der Waals surface area contributed by atoms with Crippen LogP contribution in [0.15, 0.2) is 42.5 Å². The van der Waals surface area contributed by atoms with Crippen LogP contribution < -0.4 is 11.3 Å². The van der Waals surface area contributed by atoms with Gasteiger partial charge in [-0.15, -0.1) is 0 Å². The second-order valence-electron chi connectivity index (χ2n) is 4.75. The number of fused-ring (bicyclic) bond motifs is 1. The number of anilines is 1. The number of benzene rings is 2. The summed E-state index contributed by atoms with van der Waals surface area (Å²) < 4.78 is 13.7. The van der Waals surface area contributed by atoms with E-state index in [1.54, 1.807) is 0 Å². The molecule has 0 aliphatic carbocycles. The molecule has 0 amide bonds. The normalized spacial score (nSPS) is 10.9. The maximum absolute atomic E-state index is 13.7. The third kappa shape index (κ3) is 2.33. The van der Waals surface area contributed by atoms with Crippen LogP contribution in [0.1, 0.15) is 5.56 Å². The molecule has 3 aromatic rings. The van der Waals surface area contributed by atoms with Gasteiger partial charge < -0.3 is 5.43 Å². The lowest BCUT2D eigenvalue weighted by Gasteiger charge is -2.14. The van der Waals surface area contributed by atoms with Crippen molar-refractivity contribution >= 4 is 28.2 Å². The summed E-state index contributed by atoms with van der Waals surface area (Å²) in [6.45, 7) is 1.92. The van der Waals surface area contributed by atoms with Gasteiger partial charge >= 0.3 is 0 Å². The van der Waals surface area contributed by atoms with Crippen LogP contribution in [0.3, 0.4) is 0 Å². The van der Waals surface area contributed by atoms with E-state index in [1.807, 2.05) is 37.3 Å². The van der Waals surface area contributed by atoms with Crippen molar-refractivity contribution in [2.24, 2.45) is 5.84 Å². The number of hydrazine groups is 1. The molecule has 2 aromatic carbocycles. The molecule has 0 radical (unpaired) electrons. The van der Waals surface area contributed by atoms with E-state index in [4.69, 9.17) is 17.4 Å².